The molecule has 0 fully saturated rings. The van der Waals surface area contributed by atoms with E-state index in [0.29, 0.717) is 22.4 Å². The quantitative estimate of drug-likeness (QED) is 0.419. The molecule has 0 spiro atoms. The summed E-state index contributed by atoms with van der Waals surface area (Å²) in [6.45, 7) is 1.91. The number of nitrogens with zero attached hydrogens (tertiary/aromatic N) is 3. The molecule has 1 amide bonds. The van der Waals surface area contributed by atoms with Gasteiger partial charge in [0.15, 0.2) is 11.5 Å². The fourth-order valence-electron chi connectivity index (χ4n) is 3.96. The number of hydrogen-bond donors (Lipinski definition) is 2. The molecule has 0 radical (unpaired) electrons. The average Bonchev–Trinajstić information content (AvgIpc) is 3.34. The van der Waals surface area contributed by atoms with Gasteiger partial charge in [0.1, 0.15) is 11.6 Å². The molecule has 34 heavy (non-hydrogen) atoms. The van der Waals surface area contributed by atoms with E-state index in [1.807, 2.05) is 25.1 Å². The predicted octanol–water partition coefficient (Wildman–Crippen LogP) is 4.30. The molecule has 2 aromatic carbocycles. The average molecular weight is 499 g/mol. The van der Waals surface area contributed by atoms with Crippen molar-refractivity contribution in [1.82, 2.24) is 14.8 Å². The number of ether oxygens (including phenoxy) is 3. The van der Waals surface area contributed by atoms with Crippen molar-refractivity contribution < 1.29 is 24.1 Å². The van der Waals surface area contributed by atoms with Gasteiger partial charge in [-0.3, -0.25) is 4.79 Å². The van der Waals surface area contributed by atoms with Gasteiger partial charge >= 0.3 is 0 Å². The number of anilines is 1. The van der Waals surface area contributed by atoms with Crippen molar-refractivity contribution in [2.24, 2.45) is 0 Å². The first kappa shape index (κ1) is 22.4. The molecule has 0 aliphatic carbocycles. The molecule has 5 rings (SSSR count). The number of rotatable bonds is 5. The third kappa shape index (κ3) is 3.70. The lowest BCUT2D eigenvalue weighted by molar-refractivity contribution is -0.113. The highest BCUT2D eigenvalue weighted by Crippen LogP contribution is 2.48. The molecule has 9 nitrogen and oxygen atoms in total. The van der Waals surface area contributed by atoms with Crippen molar-refractivity contribution in [3.63, 3.8) is 0 Å². The second kappa shape index (κ2) is 8.73. The monoisotopic (exact) mass is 498 g/mol. The molecule has 3 heterocycles. The van der Waals surface area contributed by atoms with Crippen LogP contribution in [0.4, 0.5) is 5.82 Å². The van der Waals surface area contributed by atoms with E-state index in [1.54, 1.807) is 23.9 Å². The molecule has 0 saturated carbocycles. The Hall–Kier alpha value is -3.44. The standard InChI is InChI=1S/C23H22N4O5S2/c1-11-19-21(12-7-15(31-3)20(29)16(8-12)32-4)33-10-18(28)25-22(19)27(26-11)23-24-14-6-5-13(30-2)9-17(14)34-23/h5-9,21,29H,10H2,1-4H3,(H,25,28)/t21-/m1/s1. The van der Waals surface area contributed by atoms with Crippen LogP contribution in [0.5, 0.6) is 23.0 Å². The first-order valence-electron chi connectivity index (χ1n) is 10.3. The minimum absolute atomic E-state index is 0.0703. The van der Waals surface area contributed by atoms with E-state index >= 15 is 0 Å². The van der Waals surface area contributed by atoms with Gasteiger partial charge in [0.2, 0.25) is 16.8 Å². The maximum atomic E-state index is 12.7. The van der Waals surface area contributed by atoms with Gasteiger partial charge in [-0.05, 0) is 42.8 Å². The summed E-state index contributed by atoms with van der Waals surface area (Å²) in [5.41, 5.74) is 3.27. The Balaban J connectivity index is 1.67. The Morgan fingerprint density at radius 2 is 1.85 bits per heavy atom. The number of phenolic OH excluding ortho intramolecular Hbond substituents is 1. The second-order valence-corrected chi connectivity index (χ2v) is 9.71. The van der Waals surface area contributed by atoms with Gasteiger partial charge in [0, 0.05) is 5.56 Å². The van der Waals surface area contributed by atoms with Crippen molar-refractivity contribution >= 4 is 45.0 Å². The Morgan fingerprint density at radius 1 is 1.12 bits per heavy atom. The normalized spacial score (nSPS) is 15.5. The molecule has 2 N–H and O–H groups in total. The summed E-state index contributed by atoms with van der Waals surface area (Å²) in [5, 5.41) is 18.5. The topological polar surface area (TPSA) is 108 Å². The first-order valence-corrected chi connectivity index (χ1v) is 12.2. The molecule has 0 unspecified atom stereocenters. The Morgan fingerprint density at radius 3 is 2.53 bits per heavy atom. The number of benzene rings is 2. The molecule has 2 aromatic heterocycles. The highest BCUT2D eigenvalue weighted by Gasteiger charge is 2.32. The fourth-order valence-corrected chi connectivity index (χ4v) is 6.08. The van der Waals surface area contributed by atoms with Gasteiger partial charge in [-0.1, -0.05) is 11.3 Å². The number of thioether (sulfide) groups is 1. The number of methoxy groups -OCH3 is 3. The van der Waals surface area contributed by atoms with Crippen LogP contribution in [0.2, 0.25) is 0 Å². The number of carbonyl (C=O) groups excluding carboxylic acids is 1. The van der Waals surface area contributed by atoms with Crippen LogP contribution in [0.3, 0.4) is 0 Å². The predicted molar refractivity (Wildman–Crippen MR) is 132 cm³/mol. The summed E-state index contributed by atoms with van der Waals surface area (Å²) < 4.78 is 18.7. The van der Waals surface area contributed by atoms with Gasteiger partial charge in [0.25, 0.3) is 0 Å². The first-order chi connectivity index (χ1) is 16.4. The van der Waals surface area contributed by atoms with E-state index < -0.39 is 0 Å². The fraction of sp³-hybridized carbons (Fsp3) is 0.261. The Bertz CT molecular complexity index is 1390. The second-order valence-electron chi connectivity index (χ2n) is 7.60. The van der Waals surface area contributed by atoms with Crippen LogP contribution in [-0.2, 0) is 4.79 Å². The number of thiazole rings is 1. The minimum atomic E-state index is -0.249. The lowest BCUT2D eigenvalue weighted by atomic mass is 10.0. The molecule has 1 aliphatic heterocycles. The number of aryl methyl sites for hydroxylation is 1. The zero-order valence-electron chi connectivity index (χ0n) is 18.9. The number of aromatic nitrogens is 3. The molecule has 176 valence electrons. The largest absolute Gasteiger partial charge is 0.502 e. The number of carbonyl (C=O) groups is 1. The molecule has 11 heteroatoms. The van der Waals surface area contributed by atoms with E-state index in [0.717, 1.165) is 32.8 Å². The summed E-state index contributed by atoms with van der Waals surface area (Å²) in [6, 6.07) is 9.21. The van der Waals surface area contributed by atoms with E-state index in [-0.39, 0.29) is 22.7 Å². The SMILES string of the molecule is COc1ccc2nc(-n3nc(C)c4c3NC(=O)CS[C@@H]4c3cc(OC)c(O)c(OC)c3)sc2c1. The molecule has 4 aromatic rings. The Kier molecular flexibility index (Phi) is 5.74. The highest BCUT2D eigenvalue weighted by molar-refractivity contribution is 8.00. The molecule has 1 atom stereocenters. The van der Waals surface area contributed by atoms with Gasteiger partial charge < -0.3 is 24.6 Å². The van der Waals surface area contributed by atoms with Crippen LogP contribution in [-0.4, -0.2) is 52.9 Å². The molecule has 0 saturated heterocycles. The zero-order valence-corrected chi connectivity index (χ0v) is 20.5. The molecule has 1 aliphatic rings. The minimum Gasteiger partial charge on any atom is -0.502 e. The van der Waals surface area contributed by atoms with Gasteiger partial charge in [0.05, 0.1) is 48.2 Å². The van der Waals surface area contributed by atoms with Crippen molar-refractivity contribution in [2.75, 3.05) is 32.4 Å². The molecular formula is C23H22N4O5S2. The van der Waals surface area contributed by atoms with Gasteiger partial charge in [-0.15, -0.1) is 11.8 Å². The van der Waals surface area contributed by atoms with Crippen molar-refractivity contribution in [1.29, 1.82) is 0 Å². The summed E-state index contributed by atoms with van der Waals surface area (Å²) in [6.07, 6.45) is 0. The van der Waals surface area contributed by atoms with Crippen LogP contribution < -0.4 is 19.5 Å². The van der Waals surface area contributed by atoms with E-state index in [9.17, 15) is 9.90 Å². The van der Waals surface area contributed by atoms with Crippen LogP contribution >= 0.6 is 23.1 Å². The van der Waals surface area contributed by atoms with E-state index in [4.69, 9.17) is 24.3 Å². The van der Waals surface area contributed by atoms with E-state index in [1.165, 1.54) is 37.3 Å². The van der Waals surface area contributed by atoms with Gasteiger partial charge in [-0.25, -0.2) is 4.98 Å². The Labute approximate surface area is 203 Å². The lowest BCUT2D eigenvalue weighted by Gasteiger charge is -2.18. The number of fused-ring (bicyclic) bond motifs is 2. The third-order valence-corrected chi connectivity index (χ3v) is 7.84. The third-order valence-electron chi connectivity index (χ3n) is 5.58. The lowest BCUT2D eigenvalue weighted by Crippen LogP contribution is -2.15. The molecular weight excluding hydrogens is 476 g/mol. The summed E-state index contributed by atoms with van der Waals surface area (Å²) >= 11 is 2.94. The summed E-state index contributed by atoms with van der Waals surface area (Å²) in [5.74, 6) is 1.97. The zero-order chi connectivity index (χ0) is 24.0. The number of aromatic hydroxyl groups is 1. The number of hydrogen-bond acceptors (Lipinski definition) is 9. The maximum absolute atomic E-state index is 12.7. The number of amides is 1. The number of phenols is 1. The van der Waals surface area contributed by atoms with Crippen molar-refractivity contribution in [3.05, 3.63) is 47.2 Å². The maximum Gasteiger partial charge on any atom is 0.235 e. The van der Waals surface area contributed by atoms with Crippen molar-refractivity contribution in [2.45, 2.75) is 12.2 Å². The van der Waals surface area contributed by atoms with Crippen LogP contribution in [0, 0.1) is 6.92 Å². The molecule has 0 bridgehead atoms. The smallest absolute Gasteiger partial charge is 0.235 e. The van der Waals surface area contributed by atoms with Crippen LogP contribution in [0.15, 0.2) is 30.3 Å². The summed E-state index contributed by atoms with van der Waals surface area (Å²) in [7, 11) is 4.60. The highest BCUT2D eigenvalue weighted by atomic mass is 32.2. The number of nitrogens with one attached hydrogen (secondary N) is 1. The van der Waals surface area contributed by atoms with Gasteiger partial charge in [-0.2, -0.15) is 9.78 Å². The summed E-state index contributed by atoms with van der Waals surface area (Å²) in [4.78, 5) is 17.4. The van der Waals surface area contributed by atoms with Crippen molar-refractivity contribution in [3.8, 4) is 28.1 Å². The van der Waals surface area contributed by atoms with Crippen LogP contribution in [0.25, 0.3) is 15.3 Å². The van der Waals surface area contributed by atoms with E-state index in [2.05, 4.69) is 5.32 Å². The van der Waals surface area contributed by atoms with Crippen LogP contribution in [0.1, 0.15) is 22.1 Å².